The monoisotopic (exact) mass is 337 g/mol. The van der Waals surface area contributed by atoms with Gasteiger partial charge in [-0.2, -0.15) is 11.8 Å². The number of hydrogen-bond donors (Lipinski definition) is 1. The molecule has 0 aliphatic heterocycles. The lowest BCUT2D eigenvalue weighted by Gasteiger charge is -2.27. The molecular weight excluding hydrogens is 321 g/mol. The Morgan fingerprint density at radius 1 is 1.16 bits per heavy atom. The van der Waals surface area contributed by atoms with Crippen molar-refractivity contribution in [2.75, 3.05) is 12.8 Å². The van der Waals surface area contributed by atoms with E-state index in [2.05, 4.69) is 11.6 Å². The molecule has 2 rings (SSSR count). The zero-order chi connectivity index (χ0) is 13.9. The van der Waals surface area contributed by atoms with Gasteiger partial charge in [0.1, 0.15) is 0 Å². The minimum atomic E-state index is 0.386. The molecule has 1 N–H and O–H groups in total. The topological polar surface area (TPSA) is 12.0 Å². The Kier molecular flexibility index (Phi) is 5.74. The number of halogens is 3. The molecule has 0 saturated heterocycles. The highest BCUT2D eigenvalue weighted by molar-refractivity contribution is 8.00. The molecule has 106 valence electrons. The number of rotatable bonds is 5. The first-order valence-electron chi connectivity index (χ1n) is 6.46. The van der Waals surface area contributed by atoms with Gasteiger partial charge in [0.25, 0.3) is 0 Å². The van der Waals surface area contributed by atoms with Crippen LogP contribution in [-0.2, 0) is 6.54 Å². The zero-order valence-corrected chi connectivity index (χ0v) is 14.0. The Morgan fingerprint density at radius 2 is 1.79 bits per heavy atom. The van der Waals surface area contributed by atoms with Crippen LogP contribution in [-0.4, -0.2) is 17.5 Å². The van der Waals surface area contributed by atoms with Gasteiger partial charge in [0, 0.05) is 28.4 Å². The summed E-state index contributed by atoms with van der Waals surface area (Å²) in [7, 11) is 0. The van der Waals surface area contributed by atoms with Crippen LogP contribution in [0.4, 0.5) is 0 Å². The Balaban J connectivity index is 1.98. The van der Waals surface area contributed by atoms with Gasteiger partial charge < -0.3 is 5.32 Å². The van der Waals surface area contributed by atoms with E-state index in [1.807, 2.05) is 11.8 Å². The number of thioether (sulfide) groups is 1. The van der Waals surface area contributed by atoms with Crippen molar-refractivity contribution in [3.8, 4) is 0 Å². The fourth-order valence-corrected chi connectivity index (χ4v) is 4.24. The van der Waals surface area contributed by atoms with Gasteiger partial charge in [-0.15, -0.1) is 0 Å². The molecule has 0 amide bonds. The largest absolute Gasteiger partial charge is 0.311 e. The van der Waals surface area contributed by atoms with Crippen molar-refractivity contribution in [1.29, 1.82) is 0 Å². The zero-order valence-electron chi connectivity index (χ0n) is 10.9. The molecule has 0 radical (unpaired) electrons. The van der Waals surface area contributed by atoms with Gasteiger partial charge in [0.2, 0.25) is 0 Å². The lowest BCUT2D eigenvalue weighted by molar-refractivity contribution is 0.534. The van der Waals surface area contributed by atoms with E-state index in [0.717, 1.165) is 12.1 Å². The van der Waals surface area contributed by atoms with Crippen LogP contribution in [0.2, 0.25) is 15.1 Å². The fraction of sp³-hybridized carbons (Fsp3) is 0.571. The van der Waals surface area contributed by atoms with Crippen LogP contribution in [0.25, 0.3) is 0 Å². The SMILES string of the molecule is CSC1(CNCc2c(Cl)ccc(Cl)c2Cl)CCCC1. The van der Waals surface area contributed by atoms with Gasteiger partial charge >= 0.3 is 0 Å². The summed E-state index contributed by atoms with van der Waals surface area (Å²) in [4.78, 5) is 0. The molecular formula is C14H18Cl3NS. The maximum Gasteiger partial charge on any atom is 0.0652 e. The Hall–Kier alpha value is 0.400. The van der Waals surface area contributed by atoms with Crippen LogP contribution in [0.5, 0.6) is 0 Å². The number of nitrogens with one attached hydrogen (secondary N) is 1. The van der Waals surface area contributed by atoms with Gasteiger partial charge in [-0.05, 0) is 31.2 Å². The average molecular weight is 339 g/mol. The molecule has 0 aromatic heterocycles. The van der Waals surface area contributed by atoms with Crippen molar-refractivity contribution in [1.82, 2.24) is 5.32 Å². The standard InChI is InChI=1S/C14H18Cl3NS/c1-19-14(6-2-3-7-14)9-18-8-10-11(15)4-5-12(16)13(10)17/h4-5,18H,2-3,6-9H2,1H3. The van der Waals surface area contributed by atoms with E-state index in [0.29, 0.717) is 26.4 Å². The second-order valence-corrected chi connectivity index (χ2v) is 7.49. The molecule has 1 aromatic rings. The highest BCUT2D eigenvalue weighted by Gasteiger charge is 2.32. The van der Waals surface area contributed by atoms with Crippen molar-refractivity contribution in [2.24, 2.45) is 0 Å². The van der Waals surface area contributed by atoms with Gasteiger partial charge in [0.15, 0.2) is 0 Å². The predicted molar refractivity (Wildman–Crippen MR) is 87.9 cm³/mol. The normalized spacial score (nSPS) is 17.9. The van der Waals surface area contributed by atoms with Crippen LogP contribution < -0.4 is 5.32 Å². The first-order valence-corrected chi connectivity index (χ1v) is 8.82. The Labute approximate surface area is 134 Å². The third-order valence-electron chi connectivity index (χ3n) is 3.84. The molecule has 0 unspecified atom stereocenters. The summed E-state index contributed by atoms with van der Waals surface area (Å²) in [6.45, 7) is 1.66. The van der Waals surface area contributed by atoms with Crippen molar-refractivity contribution in [2.45, 2.75) is 37.0 Å². The van der Waals surface area contributed by atoms with E-state index in [-0.39, 0.29) is 0 Å². The average Bonchev–Trinajstić information content (AvgIpc) is 2.88. The minimum absolute atomic E-state index is 0.386. The van der Waals surface area contributed by atoms with E-state index < -0.39 is 0 Å². The summed E-state index contributed by atoms with van der Waals surface area (Å²) in [6.07, 6.45) is 7.45. The van der Waals surface area contributed by atoms with Crippen LogP contribution >= 0.6 is 46.6 Å². The van der Waals surface area contributed by atoms with E-state index in [9.17, 15) is 0 Å². The highest BCUT2D eigenvalue weighted by Crippen LogP contribution is 2.39. The van der Waals surface area contributed by atoms with Crippen molar-refractivity contribution in [3.05, 3.63) is 32.8 Å². The maximum atomic E-state index is 6.20. The smallest absolute Gasteiger partial charge is 0.0652 e. The predicted octanol–water partition coefficient (Wildman–Crippen LogP) is 5.41. The van der Waals surface area contributed by atoms with E-state index >= 15 is 0 Å². The van der Waals surface area contributed by atoms with Gasteiger partial charge in [-0.1, -0.05) is 47.6 Å². The molecule has 1 saturated carbocycles. The fourth-order valence-electron chi connectivity index (χ4n) is 2.62. The highest BCUT2D eigenvalue weighted by atomic mass is 35.5. The lowest BCUT2D eigenvalue weighted by Crippen LogP contribution is -2.34. The maximum absolute atomic E-state index is 6.20. The van der Waals surface area contributed by atoms with Crippen molar-refractivity contribution in [3.63, 3.8) is 0 Å². The second kappa shape index (κ2) is 6.91. The van der Waals surface area contributed by atoms with Crippen LogP contribution in [0.15, 0.2) is 12.1 Å². The summed E-state index contributed by atoms with van der Waals surface area (Å²) in [5.41, 5.74) is 0.894. The molecule has 0 bridgehead atoms. The number of benzene rings is 1. The summed E-state index contributed by atoms with van der Waals surface area (Å²) < 4.78 is 0.386. The first-order chi connectivity index (χ1) is 9.08. The Morgan fingerprint density at radius 3 is 2.42 bits per heavy atom. The van der Waals surface area contributed by atoms with Gasteiger partial charge in [-0.25, -0.2) is 0 Å². The van der Waals surface area contributed by atoms with E-state index in [4.69, 9.17) is 34.8 Å². The quantitative estimate of drug-likeness (QED) is 0.720. The Bertz CT molecular complexity index is 445. The van der Waals surface area contributed by atoms with E-state index in [1.165, 1.54) is 25.7 Å². The minimum Gasteiger partial charge on any atom is -0.311 e. The van der Waals surface area contributed by atoms with Gasteiger partial charge in [-0.3, -0.25) is 0 Å². The third kappa shape index (κ3) is 3.74. The van der Waals surface area contributed by atoms with Crippen LogP contribution in [0, 0.1) is 0 Å². The summed E-state index contributed by atoms with van der Waals surface area (Å²) >= 11 is 20.4. The van der Waals surface area contributed by atoms with Gasteiger partial charge in [0.05, 0.1) is 10.0 Å². The number of hydrogen-bond acceptors (Lipinski definition) is 2. The molecule has 1 aromatic carbocycles. The summed E-state index contributed by atoms with van der Waals surface area (Å²) in [5.74, 6) is 0. The summed E-state index contributed by atoms with van der Waals surface area (Å²) in [6, 6.07) is 3.53. The van der Waals surface area contributed by atoms with Crippen LogP contribution in [0.1, 0.15) is 31.2 Å². The molecule has 0 atom stereocenters. The summed E-state index contributed by atoms with van der Waals surface area (Å²) in [5, 5.41) is 5.29. The lowest BCUT2D eigenvalue weighted by atomic mass is 10.1. The molecule has 0 heterocycles. The molecule has 5 heteroatoms. The van der Waals surface area contributed by atoms with Crippen LogP contribution in [0.3, 0.4) is 0 Å². The van der Waals surface area contributed by atoms with Crippen molar-refractivity contribution < 1.29 is 0 Å². The molecule has 1 fully saturated rings. The molecule has 1 aliphatic carbocycles. The molecule has 0 spiro atoms. The molecule has 19 heavy (non-hydrogen) atoms. The molecule has 1 nitrogen and oxygen atoms in total. The second-order valence-electron chi connectivity index (χ2n) is 5.02. The third-order valence-corrected chi connectivity index (χ3v) is 6.45. The first kappa shape index (κ1) is 15.8. The molecule has 1 aliphatic rings. The van der Waals surface area contributed by atoms with E-state index in [1.54, 1.807) is 12.1 Å². The van der Waals surface area contributed by atoms with Crippen molar-refractivity contribution >= 4 is 46.6 Å².